The number of likely N-dealkylation sites (tertiary alicyclic amines) is 1. The lowest BCUT2D eigenvalue weighted by atomic mass is 10.1. The van der Waals surface area contributed by atoms with Crippen LogP contribution in [0.1, 0.15) is 31.5 Å². The highest BCUT2D eigenvalue weighted by atomic mass is 16.5. The van der Waals surface area contributed by atoms with E-state index in [1.54, 1.807) is 0 Å². The van der Waals surface area contributed by atoms with Gasteiger partial charge in [0.15, 0.2) is 5.82 Å². The molecular weight excluding hydrogens is 266 g/mol. The number of aliphatic hydroxyl groups excluding tert-OH is 1. The molecular formula is C16H21N3O2. The fourth-order valence-electron chi connectivity index (χ4n) is 2.95. The lowest BCUT2D eigenvalue weighted by molar-refractivity contribution is 0.204. The summed E-state index contributed by atoms with van der Waals surface area (Å²) in [6, 6.07) is 10.4. The van der Waals surface area contributed by atoms with Crippen LogP contribution >= 0.6 is 0 Å². The van der Waals surface area contributed by atoms with Crippen molar-refractivity contribution in [2.75, 3.05) is 13.2 Å². The third kappa shape index (κ3) is 3.49. The molecule has 1 aliphatic heterocycles. The fraction of sp³-hybridized carbons (Fsp3) is 0.500. The van der Waals surface area contributed by atoms with Crippen LogP contribution in [-0.4, -0.2) is 39.3 Å². The van der Waals surface area contributed by atoms with Gasteiger partial charge in [0.25, 0.3) is 5.89 Å². The normalized spacial score (nSPS) is 19.2. The summed E-state index contributed by atoms with van der Waals surface area (Å²) in [6.07, 6.45) is 4.31. The van der Waals surface area contributed by atoms with Crippen molar-refractivity contribution in [1.29, 1.82) is 0 Å². The Balaban J connectivity index is 1.64. The maximum absolute atomic E-state index is 8.97. The molecule has 112 valence electrons. The highest BCUT2D eigenvalue weighted by Gasteiger charge is 2.25. The maximum atomic E-state index is 8.97. The van der Waals surface area contributed by atoms with Crippen molar-refractivity contribution in [1.82, 2.24) is 15.0 Å². The van der Waals surface area contributed by atoms with Crippen LogP contribution in [0.3, 0.4) is 0 Å². The molecule has 1 aliphatic rings. The number of hydrogen-bond donors (Lipinski definition) is 1. The van der Waals surface area contributed by atoms with Crippen LogP contribution in [0.5, 0.6) is 0 Å². The van der Waals surface area contributed by atoms with Gasteiger partial charge in [0, 0.05) is 18.2 Å². The molecule has 0 saturated carbocycles. The Hall–Kier alpha value is -1.72. The summed E-state index contributed by atoms with van der Waals surface area (Å²) in [5.41, 5.74) is 0.953. The molecule has 1 aromatic carbocycles. The van der Waals surface area contributed by atoms with E-state index in [-0.39, 0.29) is 6.61 Å². The lowest BCUT2D eigenvalue weighted by Crippen LogP contribution is -2.29. The van der Waals surface area contributed by atoms with Gasteiger partial charge in [-0.3, -0.25) is 4.90 Å². The molecule has 5 nitrogen and oxygen atoms in total. The summed E-state index contributed by atoms with van der Waals surface area (Å²) in [5.74, 6) is 1.32. The zero-order valence-corrected chi connectivity index (χ0v) is 12.1. The van der Waals surface area contributed by atoms with Gasteiger partial charge in [0.1, 0.15) is 0 Å². The minimum Gasteiger partial charge on any atom is -0.396 e. The van der Waals surface area contributed by atoms with E-state index in [4.69, 9.17) is 9.63 Å². The van der Waals surface area contributed by atoms with Crippen molar-refractivity contribution >= 4 is 0 Å². The first kappa shape index (κ1) is 14.2. The first-order chi connectivity index (χ1) is 10.4. The maximum Gasteiger partial charge on any atom is 0.257 e. The number of nitrogens with zero attached hydrogens (tertiary/aromatic N) is 3. The Morgan fingerprint density at radius 2 is 2.14 bits per heavy atom. The van der Waals surface area contributed by atoms with E-state index >= 15 is 0 Å². The van der Waals surface area contributed by atoms with Crippen LogP contribution in [0.4, 0.5) is 0 Å². The molecule has 3 rings (SSSR count). The molecule has 0 radical (unpaired) electrons. The number of rotatable bonds is 6. The molecule has 1 saturated heterocycles. The van der Waals surface area contributed by atoms with Crippen molar-refractivity contribution in [3.8, 4) is 11.5 Å². The second-order valence-electron chi connectivity index (χ2n) is 5.51. The standard InChI is InChI=1S/C16H21N3O2/c20-11-5-9-14-8-4-10-19(14)12-15-17-16(21-18-15)13-6-2-1-3-7-13/h1-3,6-7,14,20H,4-5,8-12H2. The summed E-state index contributed by atoms with van der Waals surface area (Å²) in [4.78, 5) is 6.89. The fourth-order valence-corrected chi connectivity index (χ4v) is 2.95. The molecule has 1 aromatic heterocycles. The molecule has 0 bridgehead atoms. The second kappa shape index (κ2) is 6.83. The van der Waals surface area contributed by atoms with E-state index in [1.807, 2.05) is 30.3 Å². The summed E-state index contributed by atoms with van der Waals surface area (Å²) >= 11 is 0. The first-order valence-corrected chi connectivity index (χ1v) is 7.60. The predicted octanol–water partition coefficient (Wildman–Crippen LogP) is 2.47. The van der Waals surface area contributed by atoms with Gasteiger partial charge in [0.2, 0.25) is 0 Å². The van der Waals surface area contributed by atoms with Crippen molar-refractivity contribution in [2.45, 2.75) is 38.3 Å². The Kier molecular flexibility index (Phi) is 4.62. The van der Waals surface area contributed by atoms with Crippen LogP contribution < -0.4 is 0 Å². The van der Waals surface area contributed by atoms with Gasteiger partial charge < -0.3 is 9.63 Å². The van der Waals surface area contributed by atoms with Crippen molar-refractivity contribution in [2.24, 2.45) is 0 Å². The van der Waals surface area contributed by atoms with Gasteiger partial charge in [-0.25, -0.2) is 0 Å². The van der Waals surface area contributed by atoms with Crippen molar-refractivity contribution in [3.05, 3.63) is 36.2 Å². The van der Waals surface area contributed by atoms with E-state index in [0.29, 0.717) is 11.9 Å². The van der Waals surface area contributed by atoms with Gasteiger partial charge in [-0.05, 0) is 44.4 Å². The van der Waals surface area contributed by atoms with E-state index < -0.39 is 0 Å². The minimum absolute atomic E-state index is 0.269. The van der Waals surface area contributed by atoms with Gasteiger partial charge in [-0.15, -0.1) is 0 Å². The average molecular weight is 287 g/mol. The van der Waals surface area contributed by atoms with Crippen molar-refractivity contribution in [3.63, 3.8) is 0 Å². The summed E-state index contributed by atoms with van der Waals surface area (Å²) < 4.78 is 5.35. The predicted molar refractivity (Wildman–Crippen MR) is 79.5 cm³/mol. The summed E-state index contributed by atoms with van der Waals surface area (Å²) in [7, 11) is 0. The van der Waals surface area contributed by atoms with Crippen LogP contribution in [-0.2, 0) is 6.54 Å². The highest BCUT2D eigenvalue weighted by molar-refractivity contribution is 5.51. The zero-order valence-electron chi connectivity index (χ0n) is 12.1. The minimum atomic E-state index is 0.269. The average Bonchev–Trinajstić information content (AvgIpc) is 3.16. The summed E-state index contributed by atoms with van der Waals surface area (Å²) in [6.45, 7) is 2.07. The highest BCUT2D eigenvalue weighted by Crippen LogP contribution is 2.23. The Morgan fingerprint density at radius 1 is 1.29 bits per heavy atom. The number of hydrogen-bond acceptors (Lipinski definition) is 5. The molecule has 0 amide bonds. The van der Waals surface area contributed by atoms with Gasteiger partial charge >= 0.3 is 0 Å². The van der Waals surface area contributed by atoms with Crippen LogP contribution in [0, 0.1) is 0 Å². The topological polar surface area (TPSA) is 62.4 Å². The molecule has 5 heteroatoms. The van der Waals surface area contributed by atoms with Crippen LogP contribution in [0.25, 0.3) is 11.5 Å². The number of aliphatic hydroxyl groups is 1. The number of aromatic nitrogens is 2. The smallest absolute Gasteiger partial charge is 0.257 e. The second-order valence-corrected chi connectivity index (χ2v) is 5.51. The van der Waals surface area contributed by atoms with E-state index in [1.165, 1.54) is 12.8 Å². The molecule has 0 aliphatic carbocycles. The van der Waals surface area contributed by atoms with E-state index in [0.717, 1.165) is 37.3 Å². The number of benzene rings is 1. The SMILES string of the molecule is OCCCC1CCCN1Cc1noc(-c2ccccc2)n1. The molecule has 1 fully saturated rings. The van der Waals surface area contributed by atoms with Gasteiger partial charge in [-0.2, -0.15) is 4.98 Å². The molecule has 0 spiro atoms. The Bertz CT molecular complexity index is 556. The third-order valence-electron chi connectivity index (χ3n) is 4.03. The van der Waals surface area contributed by atoms with Crippen LogP contribution in [0.2, 0.25) is 0 Å². The lowest BCUT2D eigenvalue weighted by Gasteiger charge is -2.22. The largest absolute Gasteiger partial charge is 0.396 e. The van der Waals surface area contributed by atoms with Gasteiger partial charge in [0.05, 0.1) is 6.54 Å². The quantitative estimate of drug-likeness (QED) is 0.884. The monoisotopic (exact) mass is 287 g/mol. The zero-order chi connectivity index (χ0) is 14.5. The van der Waals surface area contributed by atoms with E-state index in [9.17, 15) is 0 Å². The summed E-state index contributed by atoms with van der Waals surface area (Å²) in [5, 5.41) is 13.1. The van der Waals surface area contributed by atoms with E-state index in [2.05, 4.69) is 15.0 Å². The molecule has 1 atom stereocenters. The molecule has 2 aromatic rings. The molecule has 2 heterocycles. The van der Waals surface area contributed by atoms with Crippen LogP contribution in [0.15, 0.2) is 34.9 Å². The molecule has 21 heavy (non-hydrogen) atoms. The Morgan fingerprint density at radius 3 is 2.95 bits per heavy atom. The van der Waals surface area contributed by atoms with Crippen molar-refractivity contribution < 1.29 is 9.63 Å². The first-order valence-electron chi connectivity index (χ1n) is 7.60. The molecule has 1 unspecified atom stereocenters. The Labute approximate surface area is 124 Å². The molecule has 1 N–H and O–H groups in total. The third-order valence-corrected chi connectivity index (χ3v) is 4.03. The van der Waals surface area contributed by atoms with Gasteiger partial charge in [-0.1, -0.05) is 23.4 Å².